The topological polar surface area (TPSA) is 30.5 Å². The molecule has 1 heterocycles. The molecular weight excluding hydrogens is 202 g/mol. The highest BCUT2D eigenvalue weighted by Crippen LogP contribution is 2.31. The summed E-state index contributed by atoms with van der Waals surface area (Å²) in [5, 5.41) is 3.33. The molecule has 0 saturated carbocycles. The van der Waals surface area contributed by atoms with Crippen molar-refractivity contribution in [2.45, 2.75) is 26.8 Å². The van der Waals surface area contributed by atoms with E-state index < -0.39 is 0 Å². The van der Waals surface area contributed by atoms with E-state index in [2.05, 4.69) is 17.4 Å². The lowest BCUT2D eigenvalue weighted by atomic mass is 10.0. The van der Waals surface area contributed by atoms with Gasteiger partial charge in [-0.15, -0.1) is 0 Å². The van der Waals surface area contributed by atoms with Crippen molar-refractivity contribution in [1.82, 2.24) is 5.32 Å². The molecule has 0 bridgehead atoms. The van der Waals surface area contributed by atoms with Crippen LogP contribution >= 0.6 is 0 Å². The van der Waals surface area contributed by atoms with Gasteiger partial charge < -0.3 is 14.8 Å². The van der Waals surface area contributed by atoms with Crippen LogP contribution in [0.5, 0.6) is 11.5 Å². The zero-order valence-corrected chi connectivity index (χ0v) is 10.6. The van der Waals surface area contributed by atoms with Crippen molar-refractivity contribution in [3.05, 3.63) is 23.3 Å². The van der Waals surface area contributed by atoms with Crippen LogP contribution in [0.1, 0.15) is 25.0 Å². The first kappa shape index (κ1) is 12.8. The molecule has 3 heteroatoms. The average molecular weight is 223 g/mol. The summed E-state index contributed by atoms with van der Waals surface area (Å²) < 4.78 is 10.5. The predicted octanol–water partition coefficient (Wildman–Crippen LogP) is 2.38. The fourth-order valence-electron chi connectivity index (χ4n) is 1.81. The van der Waals surface area contributed by atoms with E-state index in [9.17, 15) is 0 Å². The lowest BCUT2D eigenvalue weighted by Gasteiger charge is -2.19. The number of hydrogen-bond acceptors (Lipinski definition) is 3. The Morgan fingerprint density at radius 1 is 1.00 bits per heavy atom. The molecule has 1 aliphatic rings. The van der Waals surface area contributed by atoms with Crippen molar-refractivity contribution < 1.29 is 9.47 Å². The Hall–Kier alpha value is -1.22. The summed E-state index contributed by atoms with van der Waals surface area (Å²) in [6, 6.07) is 4.13. The van der Waals surface area contributed by atoms with Crippen molar-refractivity contribution in [1.29, 1.82) is 0 Å². The Morgan fingerprint density at radius 2 is 1.56 bits per heavy atom. The molecule has 0 amide bonds. The molecule has 0 atom stereocenters. The van der Waals surface area contributed by atoms with Gasteiger partial charge in [0.05, 0.1) is 14.2 Å². The van der Waals surface area contributed by atoms with Crippen molar-refractivity contribution in [3.63, 3.8) is 0 Å². The monoisotopic (exact) mass is 223 g/mol. The molecular formula is C13H21NO2. The minimum Gasteiger partial charge on any atom is -0.493 e. The molecule has 90 valence electrons. The van der Waals surface area contributed by atoms with Gasteiger partial charge in [0.15, 0.2) is 11.5 Å². The normalized spacial score (nSPS) is 13.2. The Morgan fingerprint density at radius 3 is 2.12 bits per heavy atom. The number of methoxy groups -OCH3 is 2. The SMILES string of the molecule is CC.COc1cc2c(cc1OC)CNCC2. The third kappa shape index (κ3) is 2.67. The second-order valence-electron chi connectivity index (χ2n) is 3.40. The van der Waals surface area contributed by atoms with Gasteiger partial charge in [0.2, 0.25) is 0 Å². The van der Waals surface area contributed by atoms with Crippen LogP contribution < -0.4 is 14.8 Å². The van der Waals surface area contributed by atoms with Gasteiger partial charge in [0, 0.05) is 6.54 Å². The summed E-state index contributed by atoms with van der Waals surface area (Å²) in [6.07, 6.45) is 1.07. The second-order valence-corrected chi connectivity index (χ2v) is 3.40. The first-order chi connectivity index (χ1) is 7.85. The fourth-order valence-corrected chi connectivity index (χ4v) is 1.81. The van der Waals surface area contributed by atoms with Crippen LogP contribution in [0.4, 0.5) is 0 Å². The summed E-state index contributed by atoms with van der Waals surface area (Å²) >= 11 is 0. The quantitative estimate of drug-likeness (QED) is 0.835. The highest BCUT2D eigenvalue weighted by Gasteiger charge is 2.13. The predicted molar refractivity (Wildman–Crippen MR) is 66.3 cm³/mol. The van der Waals surface area contributed by atoms with E-state index in [1.54, 1.807) is 14.2 Å². The van der Waals surface area contributed by atoms with Crippen LogP contribution in [0, 0.1) is 0 Å². The van der Waals surface area contributed by atoms with Gasteiger partial charge in [-0.1, -0.05) is 13.8 Å². The minimum absolute atomic E-state index is 0.815. The third-order valence-corrected chi connectivity index (χ3v) is 2.59. The van der Waals surface area contributed by atoms with E-state index in [1.807, 2.05) is 13.8 Å². The number of hydrogen-bond donors (Lipinski definition) is 1. The molecule has 1 aromatic carbocycles. The van der Waals surface area contributed by atoms with Gasteiger partial charge in [-0.25, -0.2) is 0 Å². The Kier molecular flexibility index (Phi) is 5.12. The van der Waals surface area contributed by atoms with Crippen LogP contribution in [0.25, 0.3) is 0 Å². The molecule has 0 aromatic heterocycles. The van der Waals surface area contributed by atoms with Crippen LogP contribution in [0.3, 0.4) is 0 Å². The maximum absolute atomic E-state index is 5.26. The smallest absolute Gasteiger partial charge is 0.161 e. The van der Waals surface area contributed by atoms with Crippen LogP contribution in [-0.2, 0) is 13.0 Å². The molecule has 0 spiro atoms. The van der Waals surface area contributed by atoms with E-state index in [0.717, 1.165) is 31.0 Å². The summed E-state index contributed by atoms with van der Waals surface area (Å²) in [5.41, 5.74) is 2.68. The molecule has 1 aliphatic heterocycles. The third-order valence-electron chi connectivity index (χ3n) is 2.59. The zero-order chi connectivity index (χ0) is 12.0. The van der Waals surface area contributed by atoms with Crippen molar-refractivity contribution in [2.24, 2.45) is 0 Å². The summed E-state index contributed by atoms with van der Waals surface area (Å²) in [5.74, 6) is 1.64. The Balaban J connectivity index is 0.000000606. The summed E-state index contributed by atoms with van der Waals surface area (Å²) in [7, 11) is 3.34. The molecule has 2 rings (SSSR count). The van der Waals surface area contributed by atoms with Gasteiger partial charge >= 0.3 is 0 Å². The van der Waals surface area contributed by atoms with E-state index in [-0.39, 0.29) is 0 Å². The van der Waals surface area contributed by atoms with E-state index >= 15 is 0 Å². The first-order valence-corrected chi connectivity index (χ1v) is 5.79. The molecule has 1 aromatic rings. The molecule has 3 nitrogen and oxygen atoms in total. The molecule has 0 unspecified atom stereocenters. The van der Waals surface area contributed by atoms with E-state index in [4.69, 9.17) is 9.47 Å². The number of benzene rings is 1. The summed E-state index contributed by atoms with van der Waals surface area (Å²) in [6.45, 7) is 5.97. The highest BCUT2D eigenvalue weighted by atomic mass is 16.5. The molecule has 16 heavy (non-hydrogen) atoms. The van der Waals surface area contributed by atoms with Gasteiger partial charge in [-0.2, -0.15) is 0 Å². The highest BCUT2D eigenvalue weighted by molar-refractivity contribution is 5.48. The van der Waals surface area contributed by atoms with Crippen LogP contribution in [0.15, 0.2) is 12.1 Å². The fraction of sp³-hybridized carbons (Fsp3) is 0.538. The van der Waals surface area contributed by atoms with Gasteiger partial charge in [0.1, 0.15) is 0 Å². The number of fused-ring (bicyclic) bond motifs is 1. The Labute approximate surface area is 97.8 Å². The minimum atomic E-state index is 0.815. The van der Waals surface area contributed by atoms with Crippen molar-refractivity contribution in [3.8, 4) is 11.5 Å². The molecule has 1 N–H and O–H groups in total. The number of rotatable bonds is 2. The van der Waals surface area contributed by atoms with Crippen LogP contribution in [0.2, 0.25) is 0 Å². The van der Waals surface area contributed by atoms with Crippen molar-refractivity contribution >= 4 is 0 Å². The zero-order valence-electron chi connectivity index (χ0n) is 10.6. The van der Waals surface area contributed by atoms with Gasteiger partial charge in [-0.05, 0) is 36.2 Å². The molecule has 0 radical (unpaired) electrons. The second kappa shape index (κ2) is 6.38. The molecule has 0 saturated heterocycles. The van der Waals surface area contributed by atoms with Gasteiger partial charge in [-0.3, -0.25) is 0 Å². The first-order valence-electron chi connectivity index (χ1n) is 5.79. The lowest BCUT2D eigenvalue weighted by molar-refractivity contribution is 0.353. The standard InChI is InChI=1S/C11H15NO2.C2H6/c1-13-10-5-8-3-4-12-7-9(8)6-11(10)14-2;1-2/h5-6,12H,3-4,7H2,1-2H3;1-2H3. The average Bonchev–Trinajstić information content (AvgIpc) is 2.39. The lowest BCUT2D eigenvalue weighted by Crippen LogP contribution is -2.23. The van der Waals surface area contributed by atoms with Crippen molar-refractivity contribution in [2.75, 3.05) is 20.8 Å². The van der Waals surface area contributed by atoms with E-state index in [1.165, 1.54) is 11.1 Å². The van der Waals surface area contributed by atoms with Crippen LogP contribution in [-0.4, -0.2) is 20.8 Å². The Bertz CT molecular complexity index is 293. The number of ether oxygens (including phenoxy) is 2. The largest absolute Gasteiger partial charge is 0.493 e. The summed E-state index contributed by atoms with van der Waals surface area (Å²) in [4.78, 5) is 0. The number of nitrogens with one attached hydrogen (secondary N) is 1. The molecule has 0 fully saturated rings. The maximum atomic E-state index is 5.26. The molecule has 0 aliphatic carbocycles. The maximum Gasteiger partial charge on any atom is 0.161 e. The van der Waals surface area contributed by atoms with E-state index in [0.29, 0.717) is 0 Å². The van der Waals surface area contributed by atoms with Gasteiger partial charge in [0.25, 0.3) is 0 Å².